The van der Waals surface area contributed by atoms with Gasteiger partial charge in [-0.25, -0.2) is 17.6 Å². The molecule has 0 bridgehead atoms. The number of piperidine rings is 1. The molecule has 4 fully saturated rings. The second-order valence-corrected chi connectivity index (χ2v) is 13.4. The number of alkyl halides is 3. The van der Waals surface area contributed by atoms with Crippen LogP contribution in [0.25, 0.3) is 33.1 Å². The van der Waals surface area contributed by atoms with Gasteiger partial charge in [0.15, 0.2) is 5.82 Å². The molecule has 45 heavy (non-hydrogen) atoms. The molecule has 3 aliphatic heterocycles. The van der Waals surface area contributed by atoms with Crippen LogP contribution in [0.3, 0.4) is 0 Å². The van der Waals surface area contributed by atoms with E-state index in [-0.39, 0.29) is 53.9 Å². The first-order chi connectivity index (χ1) is 21.7. The third kappa shape index (κ3) is 4.72. The first kappa shape index (κ1) is 28.9. The number of hydrogen-bond donors (Lipinski definition) is 2. The summed E-state index contributed by atoms with van der Waals surface area (Å²) < 4.78 is 65.4. The number of β-amino-alcohol motifs (C(OH)–C–C–N with tert-alkyl or cyclic N) is 1. The quantitative estimate of drug-likeness (QED) is 0.262. The lowest BCUT2D eigenvalue weighted by Crippen LogP contribution is -2.53. The van der Waals surface area contributed by atoms with Crippen molar-refractivity contribution < 1.29 is 27.4 Å². The molecule has 238 valence electrons. The summed E-state index contributed by atoms with van der Waals surface area (Å²) in [7, 11) is 0. The van der Waals surface area contributed by atoms with Gasteiger partial charge in [0.05, 0.1) is 29.2 Å². The predicted molar refractivity (Wildman–Crippen MR) is 160 cm³/mol. The smallest absolute Gasteiger partial charge is 0.319 e. The van der Waals surface area contributed by atoms with Crippen molar-refractivity contribution >= 4 is 27.6 Å². The number of ether oxygens (including phenoxy) is 1. The first-order valence-corrected chi connectivity index (χ1v) is 15.8. The van der Waals surface area contributed by atoms with E-state index in [4.69, 9.17) is 4.74 Å². The van der Waals surface area contributed by atoms with E-state index in [2.05, 4.69) is 30.0 Å². The van der Waals surface area contributed by atoms with Crippen LogP contribution in [0.2, 0.25) is 0 Å². The van der Waals surface area contributed by atoms with Gasteiger partial charge in [0.1, 0.15) is 35.4 Å². The van der Waals surface area contributed by atoms with Gasteiger partial charge in [0, 0.05) is 36.7 Å². The fourth-order valence-electron chi connectivity index (χ4n) is 7.97. The van der Waals surface area contributed by atoms with Crippen LogP contribution in [0.1, 0.15) is 62.0 Å². The number of nitrogens with zero attached hydrogens (tertiary/aromatic N) is 6. The summed E-state index contributed by atoms with van der Waals surface area (Å²) in [6.07, 6.45) is 3.48. The van der Waals surface area contributed by atoms with Crippen molar-refractivity contribution in [1.29, 1.82) is 0 Å². The molecule has 2 N–H and O–H groups in total. The number of H-pyrrole nitrogens is 1. The van der Waals surface area contributed by atoms with E-state index in [9.17, 15) is 18.3 Å². The number of aromatic amines is 1. The van der Waals surface area contributed by atoms with Gasteiger partial charge in [-0.3, -0.25) is 15.0 Å². The highest BCUT2D eigenvalue weighted by Gasteiger charge is 2.49. The molecule has 1 aliphatic carbocycles. The number of aryl methyl sites for hydroxylation is 1. The molecule has 1 saturated carbocycles. The Balaban J connectivity index is 1.27. The zero-order chi connectivity index (χ0) is 31.1. The number of fused-ring (bicyclic) bond motifs is 3. The number of anilines is 1. The molecule has 4 aliphatic rings. The van der Waals surface area contributed by atoms with Crippen molar-refractivity contribution in [2.24, 2.45) is 0 Å². The minimum absolute atomic E-state index is 0.0540. The van der Waals surface area contributed by atoms with Gasteiger partial charge >= 0.3 is 6.01 Å². The van der Waals surface area contributed by atoms with Crippen LogP contribution in [0, 0.1) is 12.7 Å². The molecule has 3 saturated heterocycles. The number of nitrogens with one attached hydrogen (secondary N) is 1. The Morgan fingerprint density at radius 1 is 1.13 bits per heavy atom. The van der Waals surface area contributed by atoms with Gasteiger partial charge in [-0.15, -0.1) is 0 Å². The van der Waals surface area contributed by atoms with Gasteiger partial charge < -0.3 is 14.7 Å². The Bertz CT molecular complexity index is 1800. The normalized spacial score (nSPS) is 27.3. The van der Waals surface area contributed by atoms with Crippen molar-refractivity contribution in [2.75, 3.05) is 37.7 Å². The van der Waals surface area contributed by atoms with Gasteiger partial charge in [-0.1, -0.05) is 0 Å². The van der Waals surface area contributed by atoms with Gasteiger partial charge in [-0.05, 0) is 75.1 Å². The second kappa shape index (κ2) is 10.5. The lowest BCUT2D eigenvalue weighted by atomic mass is 9.91. The number of rotatable bonds is 7. The Labute approximate surface area is 257 Å². The molecule has 3 aromatic heterocycles. The fourth-order valence-corrected chi connectivity index (χ4v) is 7.97. The number of hydrogen-bond acceptors (Lipinski definition) is 8. The van der Waals surface area contributed by atoms with Crippen LogP contribution >= 0.6 is 0 Å². The molecule has 0 spiro atoms. The maximum absolute atomic E-state index is 16.9. The van der Waals surface area contributed by atoms with E-state index in [1.807, 2.05) is 13.0 Å². The van der Waals surface area contributed by atoms with Gasteiger partial charge in [0.25, 0.3) is 6.43 Å². The number of benzene rings is 1. The lowest BCUT2D eigenvalue weighted by molar-refractivity contribution is -0.102. The van der Waals surface area contributed by atoms with Crippen molar-refractivity contribution in [2.45, 2.75) is 81.5 Å². The van der Waals surface area contributed by atoms with Crippen LogP contribution < -0.4 is 9.64 Å². The monoisotopic (exact) mass is 625 g/mol. The molecule has 9 nitrogen and oxygen atoms in total. The van der Waals surface area contributed by atoms with E-state index in [1.54, 1.807) is 6.20 Å². The van der Waals surface area contributed by atoms with Crippen molar-refractivity contribution in [3.05, 3.63) is 35.4 Å². The van der Waals surface area contributed by atoms with E-state index in [0.29, 0.717) is 31.5 Å². The Morgan fingerprint density at radius 2 is 1.96 bits per heavy atom. The van der Waals surface area contributed by atoms with Crippen molar-refractivity contribution in [1.82, 2.24) is 30.0 Å². The Morgan fingerprint density at radius 3 is 2.76 bits per heavy atom. The van der Waals surface area contributed by atoms with Gasteiger partial charge in [0.2, 0.25) is 0 Å². The topological polar surface area (TPSA) is 103 Å². The molecule has 8 rings (SSSR count). The van der Waals surface area contributed by atoms with E-state index >= 15 is 4.39 Å². The second-order valence-electron chi connectivity index (χ2n) is 13.4. The summed E-state index contributed by atoms with van der Waals surface area (Å²) in [5.41, 5.74) is 0.808. The molecule has 3 atom stereocenters. The summed E-state index contributed by atoms with van der Waals surface area (Å²) >= 11 is 0. The molecule has 13 heteroatoms. The molecule has 0 unspecified atom stereocenters. The summed E-state index contributed by atoms with van der Waals surface area (Å²) in [6, 6.07) is 1.89. The Kier molecular flexibility index (Phi) is 6.72. The summed E-state index contributed by atoms with van der Waals surface area (Å²) in [4.78, 5) is 17.4. The molecule has 4 aromatic rings. The van der Waals surface area contributed by atoms with Crippen molar-refractivity contribution in [3.8, 4) is 17.3 Å². The fraction of sp³-hybridized carbons (Fsp3) is 0.562. The van der Waals surface area contributed by atoms with Crippen LogP contribution in [0.5, 0.6) is 6.01 Å². The zero-order valence-corrected chi connectivity index (χ0v) is 25.0. The van der Waals surface area contributed by atoms with Crippen LogP contribution in [0.4, 0.5) is 23.4 Å². The highest BCUT2D eigenvalue weighted by atomic mass is 19.3. The summed E-state index contributed by atoms with van der Waals surface area (Å²) in [5.74, 6) is -0.222. The maximum Gasteiger partial charge on any atom is 0.319 e. The third-order valence-electron chi connectivity index (χ3n) is 10.3. The van der Waals surface area contributed by atoms with Crippen LogP contribution in [0.15, 0.2) is 18.5 Å². The predicted octanol–water partition coefficient (Wildman–Crippen LogP) is 5.44. The van der Waals surface area contributed by atoms with E-state index in [0.717, 1.165) is 54.3 Å². The molecular formula is C32H35F4N7O2. The standard InChI is InChI=1S/C32H35F4N7O2/c1-17-10-22-20(13-38-41-22)24(23(17)18-4-5-18)27-25(34)26-21(12-37-27)28(42-8-3-7-32(44,15-42)29(35)36)40-30(39-26)45-16-31-6-2-9-43(31)14-19(33)11-31/h10,12-13,18-19,29,44H,2-9,11,14-16H2,1H3,(H,38,41)/t19-,31+,32-/m1/s1. The van der Waals surface area contributed by atoms with E-state index < -0.39 is 29.6 Å². The third-order valence-corrected chi connectivity index (χ3v) is 10.3. The summed E-state index contributed by atoms with van der Waals surface area (Å²) in [6.45, 7) is 3.18. The molecule has 0 amide bonds. The first-order valence-electron chi connectivity index (χ1n) is 15.8. The molecular weight excluding hydrogens is 590 g/mol. The van der Waals surface area contributed by atoms with Crippen LogP contribution in [-0.4, -0.2) is 91.7 Å². The Hall–Kier alpha value is -3.58. The highest BCUT2D eigenvalue weighted by Crippen LogP contribution is 2.49. The molecule has 6 heterocycles. The number of aliphatic hydroxyl groups is 1. The zero-order valence-electron chi connectivity index (χ0n) is 25.0. The SMILES string of the molecule is Cc1cc2[nH]ncc2c(-c2ncc3c(N4CCC[C@](O)(C(F)F)C4)nc(OC[C@@]45CCCN4C[C@H](F)C5)nc3c2F)c1C1CC1. The van der Waals surface area contributed by atoms with Gasteiger partial charge in [-0.2, -0.15) is 15.1 Å². The number of halogens is 4. The minimum atomic E-state index is -2.96. The number of aromatic nitrogens is 5. The molecule has 0 radical (unpaired) electrons. The molecule has 1 aromatic carbocycles. The average molecular weight is 626 g/mol. The summed E-state index contributed by atoms with van der Waals surface area (Å²) in [5, 5.41) is 18.9. The average Bonchev–Trinajstić information content (AvgIpc) is 3.48. The maximum atomic E-state index is 16.9. The van der Waals surface area contributed by atoms with E-state index in [1.165, 1.54) is 11.1 Å². The lowest BCUT2D eigenvalue weighted by Gasteiger charge is -2.39. The highest BCUT2D eigenvalue weighted by molar-refractivity contribution is 5.99. The van der Waals surface area contributed by atoms with Crippen LogP contribution in [-0.2, 0) is 0 Å². The largest absolute Gasteiger partial charge is 0.461 e. The number of pyridine rings is 1. The minimum Gasteiger partial charge on any atom is -0.461 e. The van der Waals surface area contributed by atoms with Crippen molar-refractivity contribution in [3.63, 3.8) is 0 Å².